The molecule has 2 rings (SSSR count). The molecule has 0 saturated carbocycles. The molecule has 0 aromatic carbocycles. The summed E-state index contributed by atoms with van der Waals surface area (Å²) in [5.41, 5.74) is 0. The van der Waals surface area contributed by atoms with Crippen molar-refractivity contribution in [3.8, 4) is 0 Å². The second-order valence-corrected chi connectivity index (χ2v) is 4.78. The summed E-state index contributed by atoms with van der Waals surface area (Å²) in [5, 5.41) is 5.40. The van der Waals surface area contributed by atoms with E-state index in [0.29, 0.717) is 0 Å². The minimum absolute atomic E-state index is 0.780. The van der Waals surface area contributed by atoms with Gasteiger partial charge in [-0.15, -0.1) is 11.3 Å². The van der Waals surface area contributed by atoms with Crippen molar-refractivity contribution in [3.05, 3.63) is 39.0 Å². The van der Waals surface area contributed by atoms with Gasteiger partial charge in [-0.1, -0.05) is 0 Å². The molecular formula is C9H10BrN3S. The maximum Gasteiger partial charge on any atom is 0.120 e. The van der Waals surface area contributed by atoms with Gasteiger partial charge in [0.15, 0.2) is 0 Å². The van der Waals surface area contributed by atoms with Crippen molar-refractivity contribution in [2.24, 2.45) is 0 Å². The Morgan fingerprint density at radius 3 is 3.07 bits per heavy atom. The molecule has 0 aliphatic rings. The normalized spacial score (nSPS) is 10.6. The van der Waals surface area contributed by atoms with Crippen molar-refractivity contribution in [2.75, 3.05) is 0 Å². The van der Waals surface area contributed by atoms with Gasteiger partial charge in [-0.25, -0.2) is 4.98 Å². The quantitative estimate of drug-likeness (QED) is 0.897. The van der Waals surface area contributed by atoms with Crippen molar-refractivity contribution < 1.29 is 0 Å². The molecule has 0 radical (unpaired) electrons. The van der Waals surface area contributed by atoms with Gasteiger partial charge in [0.2, 0.25) is 0 Å². The van der Waals surface area contributed by atoms with Crippen LogP contribution in [0.2, 0.25) is 0 Å². The molecule has 0 unspecified atom stereocenters. The molecule has 2 N–H and O–H groups in total. The summed E-state index contributed by atoms with van der Waals surface area (Å²) in [5.74, 6) is 0.973. The maximum atomic E-state index is 4.13. The molecule has 5 heteroatoms. The largest absolute Gasteiger partial charge is 0.348 e. The first-order valence-electron chi connectivity index (χ1n) is 4.26. The number of rotatable bonds is 4. The van der Waals surface area contributed by atoms with Crippen LogP contribution in [0.1, 0.15) is 10.7 Å². The van der Waals surface area contributed by atoms with Crippen molar-refractivity contribution in [1.82, 2.24) is 15.3 Å². The first-order valence-corrected chi connectivity index (χ1v) is 5.94. The summed E-state index contributed by atoms with van der Waals surface area (Å²) < 4.78 is 1.15. The number of nitrogens with one attached hydrogen (secondary N) is 2. The lowest BCUT2D eigenvalue weighted by atomic mass is 10.4. The van der Waals surface area contributed by atoms with Crippen LogP contribution in [0, 0.1) is 0 Å². The molecule has 2 heterocycles. The van der Waals surface area contributed by atoms with Gasteiger partial charge < -0.3 is 10.3 Å². The van der Waals surface area contributed by atoms with Gasteiger partial charge in [0.1, 0.15) is 5.82 Å². The van der Waals surface area contributed by atoms with E-state index in [-0.39, 0.29) is 0 Å². The molecule has 74 valence electrons. The van der Waals surface area contributed by atoms with Crippen LogP contribution in [-0.4, -0.2) is 9.97 Å². The standard InChI is InChI=1S/C9H10BrN3S/c10-7-3-8(14-6-7)4-11-5-9-12-1-2-13-9/h1-3,6,11H,4-5H2,(H,12,13). The Morgan fingerprint density at radius 2 is 2.43 bits per heavy atom. The Kier molecular flexibility index (Phi) is 3.34. The number of thiophene rings is 1. The van der Waals surface area contributed by atoms with Crippen LogP contribution in [0.3, 0.4) is 0 Å². The third-order valence-electron chi connectivity index (χ3n) is 1.77. The number of imidazole rings is 1. The van der Waals surface area contributed by atoms with Crippen LogP contribution in [0.25, 0.3) is 0 Å². The predicted molar refractivity (Wildman–Crippen MR) is 61.2 cm³/mol. The van der Waals surface area contributed by atoms with E-state index in [4.69, 9.17) is 0 Å². The molecule has 2 aromatic heterocycles. The zero-order valence-electron chi connectivity index (χ0n) is 7.46. The first-order chi connectivity index (χ1) is 6.84. The van der Waals surface area contributed by atoms with E-state index in [1.54, 1.807) is 17.5 Å². The van der Waals surface area contributed by atoms with Crippen LogP contribution in [-0.2, 0) is 13.1 Å². The van der Waals surface area contributed by atoms with Crippen molar-refractivity contribution in [2.45, 2.75) is 13.1 Å². The fourth-order valence-electron chi connectivity index (χ4n) is 1.15. The van der Waals surface area contributed by atoms with Gasteiger partial charge in [0.25, 0.3) is 0 Å². The third kappa shape index (κ3) is 2.67. The average Bonchev–Trinajstić information content (AvgIpc) is 2.77. The van der Waals surface area contributed by atoms with E-state index < -0.39 is 0 Å². The smallest absolute Gasteiger partial charge is 0.120 e. The highest BCUT2D eigenvalue weighted by atomic mass is 79.9. The highest BCUT2D eigenvalue weighted by Crippen LogP contribution is 2.19. The van der Waals surface area contributed by atoms with Gasteiger partial charge in [-0.2, -0.15) is 0 Å². The van der Waals surface area contributed by atoms with E-state index in [1.807, 2.05) is 6.20 Å². The minimum atomic E-state index is 0.780. The van der Waals surface area contributed by atoms with Crippen LogP contribution in [0.15, 0.2) is 28.3 Å². The Labute approximate surface area is 94.7 Å². The number of aromatic amines is 1. The summed E-state index contributed by atoms with van der Waals surface area (Å²) in [4.78, 5) is 8.50. The van der Waals surface area contributed by atoms with E-state index in [9.17, 15) is 0 Å². The van der Waals surface area contributed by atoms with Crippen LogP contribution in [0.5, 0.6) is 0 Å². The summed E-state index contributed by atoms with van der Waals surface area (Å²) >= 11 is 5.17. The number of nitrogens with zero attached hydrogens (tertiary/aromatic N) is 1. The lowest BCUT2D eigenvalue weighted by molar-refractivity contribution is 0.675. The van der Waals surface area contributed by atoms with Gasteiger partial charge >= 0.3 is 0 Å². The topological polar surface area (TPSA) is 40.7 Å². The molecule has 0 aliphatic carbocycles. The van der Waals surface area contributed by atoms with E-state index in [2.05, 4.69) is 42.7 Å². The Balaban J connectivity index is 1.78. The monoisotopic (exact) mass is 271 g/mol. The molecule has 0 fully saturated rings. The van der Waals surface area contributed by atoms with Crippen LogP contribution < -0.4 is 5.32 Å². The number of hydrogen-bond acceptors (Lipinski definition) is 3. The zero-order valence-corrected chi connectivity index (χ0v) is 9.86. The molecule has 0 amide bonds. The molecule has 3 nitrogen and oxygen atoms in total. The average molecular weight is 272 g/mol. The molecule has 14 heavy (non-hydrogen) atoms. The zero-order chi connectivity index (χ0) is 9.80. The molecule has 2 aromatic rings. The number of halogens is 1. The van der Waals surface area contributed by atoms with Gasteiger partial charge in [-0.3, -0.25) is 0 Å². The summed E-state index contributed by atoms with van der Waals surface area (Å²) in [6, 6.07) is 2.12. The van der Waals surface area contributed by atoms with Crippen LogP contribution in [0.4, 0.5) is 0 Å². The van der Waals surface area contributed by atoms with Gasteiger partial charge in [-0.05, 0) is 22.0 Å². The van der Waals surface area contributed by atoms with Gasteiger partial charge in [0.05, 0.1) is 6.54 Å². The molecule has 0 bridgehead atoms. The predicted octanol–water partition coefficient (Wildman–Crippen LogP) is 2.52. The van der Waals surface area contributed by atoms with E-state index in [1.165, 1.54) is 4.88 Å². The van der Waals surface area contributed by atoms with E-state index in [0.717, 1.165) is 23.4 Å². The van der Waals surface area contributed by atoms with Gasteiger partial charge in [0, 0.05) is 33.7 Å². The minimum Gasteiger partial charge on any atom is -0.348 e. The Bertz CT molecular complexity index is 382. The fourth-order valence-corrected chi connectivity index (χ4v) is 2.57. The fraction of sp³-hybridized carbons (Fsp3) is 0.222. The molecule has 0 saturated heterocycles. The molecule has 0 aliphatic heterocycles. The van der Waals surface area contributed by atoms with Crippen molar-refractivity contribution in [3.63, 3.8) is 0 Å². The van der Waals surface area contributed by atoms with Crippen LogP contribution >= 0.6 is 27.3 Å². The second kappa shape index (κ2) is 4.72. The molecule has 0 spiro atoms. The first kappa shape index (κ1) is 9.89. The summed E-state index contributed by atoms with van der Waals surface area (Å²) in [6.45, 7) is 1.67. The van der Waals surface area contributed by atoms with Crippen molar-refractivity contribution in [1.29, 1.82) is 0 Å². The van der Waals surface area contributed by atoms with E-state index >= 15 is 0 Å². The molecule has 0 atom stereocenters. The Hall–Kier alpha value is -0.650. The maximum absolute atomic E-state index is 4.13. The highest BCUT2D eigenvalue weighted by Gasteiger charge is 1.97. The Morgan fingerprint density at radius 1 is 1.50 bits per heavy atom. The molecular weight excluding hydrogens is 262 g/mol. The number of H-pyrrole nitrogens is 1. The lowest BCUT2D eigenvalue weighted by Crippen LogP contribution is -2.12. The lowest BCUT2D eigenvalue weighted by Gasteiger charge is -1.99. The number of hydrogen-bond donors (Lipinski definition) is 2. The summed E-state index contributed by atoms with van der Waals surface area (Å²) in [7, 11) is 0. The SMILES string of the molecule is Brc1csc(CNCc2ncc[nH]2)c1. The third-order valence-corrected chi connectivity index (χ3v) is 3.47. The van der Waals surface area contributed by atoms with Crippen molar-refractivity contribution >= 4 is 27.3 Å². The second-order valence-electron chi connectivity index (χ2n) is 2.87. The summed E-state index contributed by atoms with van der Waals surface area (Å²) in [6.07, 6.45) is 3.59. The number of aromatic nitrogens is 2. The highest BCUT2D eigenvalue weighted by molar-refractivity contribution is 9.10.